The first-order valence-electron chi connectivity index (χ1n) is 11.6. The van der Waals surface area contributed by atoms with Crippen LogP contribution in [0.5, 0.6) is 5.75 Å². The summed E-state index contributed by atoms with van der Waals surface area (Å²) in [5.41, 5.74) is 7.87. The van der Waals surface area contributed by atoms with E-state index in [4.69, 9.17) is 14.7 Å². The first kappa shape index (κ1) is 33.1. The Morgan fingerprint density at radius 1 is 0.974 bits per heavy atom. The van der Waals surface area contributed by atoms with Gasteiger partial charge in [-0.25, -0.2) is 18.0 Å². The Kier molecular flexibility index (Phi) is 11.1. The van der Waals surface area contributed by atoms with Gasteiger partial charge >= 0.3 is 12.1 Å². The summed E-state index contributed by atoms with van der Waals surface area (Å²) in [6, 6.07) is -1.16. The van der Waals surface area contributed by atoms with E-state index in [-0.39, 0.29) is 18.0 Å². The quantitative estimate of drug-likeness (QED) is 0.0389. The lowest BCUT2D eigenvalue weighted by molar-refractivity contribution is -0.135. The number of rotatable bonds is 10. The first-order chi connectivity index (χ1) is 17.2. The van der Waals surface area contributed by atoms with E-state index >= 15 is 0 Å². The number of amides is 1. The van der Waals surface area contributed by atoms with Crippen molar-refractivity contribution in [2.45, 2.75) is 90.3 Å². The summed E-state index contributed by atoms with van der Waals surface area (Å²) < 4.78 is 84.3. The Bertz CT molecular complexity index is 1060. The minimum atomic E-state index is -2.46. The molecular weight excluding hydrogens is 535 g/mol. The van der Waals surface area contributed by atoms with Crippen LogP contribution in [0.25, 0.3) is 10.4 Å². The molecule has 15 heteroatoms. The van der Waals surface area contributed by atoms with E-state index in [1.54, 1.807) is 20.8 Å². The molecule has 0 spiro atoms. The molecule has 1 rings (SSSR count). The molecule has 1 aromatic rings. The Labute approximate surface area is 218 Å². The van der Waals surface area contributed by atoms with Crippen LogP contribution >= 0.6 is 0 Å². The number of hydrogen-bond donors (Lipinski definition) is 1. The van der Waals surface area contributed by atoms with Gasteiger partial charge in [-0.15, -0.1) is 0 Å². The smallest absolute Gasteiger partial charge is 0.407 e. The van der Waals surface area contributed by atoms with Gasteiger partial charge in [0, 0.05) is 11.0 Å². The van der Waals surface area contributed by atoms with Crippen molar-refractivity contribution in [3.63, 3.8) is 0 Å². The molecular formula is C23H33F5N4O5Si. The van der Waals surface area contributed by atoms with Crippen LogP contribution in [0.4, 0.5) is 26.7 Å². The lowest BCUT2D eigenvalue weighted by Gasteiger charge is -2.39. The van der Waals surface area contributed by atoms with Crippen molar-refractivity contribution in [2.24, 2.45) is 5.11 Å². The molecule has 214 valence electrons. The van der Waals surface area contributed by atoms with Crippen LogP contribution in [0.3, 0.4) is 0 Å². The summed E-state index contributed by atoms with van der Waals surface area (Å²) >= 11 is 0. The molecule has 0 unspecified atom stereocenters. The summed E-state index contributed by atoms with van der Waals surface area (Å²) in [5.74, 6) is -14.8. The van der Waals surface area contributed by atoms with Crippen LogP contribution in [0, 0.1) is 29.1 Å². The number of halogens is 5. The van der Waals surface area contributed by atoms with Crippen LogP contribution in [0.1, 0.15) is 54.4 Å². The Hall–Kier alpha value is -2.90. The third kappa shape index (κ3) is 9.44. The summed E-state index contributed by atoms with van der Waals surface area (Å²) in [6.07, 6.45) is -2.68. The third-order valence-corrected chi connectivity index (χ3v) is 10.2. The summed E-state index contributed by atoms with van der Waals surface area (Å²) in [5, 5.41) is 5.69. The third-order valence-electron chi connectivity index (χ3n) is 5.68. The molecule has 0 bridgehead atoms. The molecule has 0 fully saturated rings. The highest BCUT2D eigenvalue weighted by Crippen LogP contribution is 2.38. The maximum Gasteiger partial charge on any atom is 0.407 e. The molecule has 0 saturated carbocycles. The summed E-state index contributed by atoms with van der Waals surface area (Å²) in [4.78, 5) is 27.7. The lowest BCUT2D eigenvalue weighted by Crippen LogP contribution is -2.48. The highest BCUT2D eigenvalue weighted by Gasteiger charge is 2.40. The zero-order valence-electron chi connectivity index (χ0n) is 22.5. The normalized spacial score (nSPS) is 13.8. The van der Waals surface area contributed by atoms with Gasteiger partial charge in [-0.1, -0.05) is 25.9 Å². The zero-order valence-corrected chi connectivity index (χ0v) is 23.5. The molecule has 0 radical (unpaired) electrons. The predicted octanol–water partition coefficient (Wildman–Crippen LogP) is 6.66. The van der Waals surface area contributed by atoms with Gasteiger partial charge in [-0.2, -0.15) is 8.78 Å². The van der Waals surface area contributed by atoms with E-state index in [2.05, 4.69) is 20.1 Å². The van der Waals surface area contributed by atoms with Crippen molar-refractivity contribution in [3.05, 3.63) is 39.5 Å². The molecule has 0 saturated heterocycles. The number of hydrogen-bond acceptors (Lipinski definition) is 6. The largest absolute Gasteiger partial charge is 0.444 e. The van der Waals surface area contributed by atoms with Gasteiger partial charge in [0.25, 0.3) is 0 Å². The predicted molar refractivity (Wildman–Crippen MR) is 130 cm³/mol. The van der Waals surface area contributed by atoms with Crippen molar-refractivity contribution >= 4 is 20.4 Å². The average Bonchev–Trinajstić information content (AvgIpc) is 2.75. The molecule has 1 aromatic carbocycles. The molecule has 0 aliphatic heterocycles. The van der Waals surface area contributed by atoms with Gasteiger partial charge in [0.15, 0.2) is 8.32 Å². The first-order valence-corrected chi connectivity index (χ1v) is 14.5. The number of azide groups is 1. The van der Waals surface area contributed by atoms with E-state index in [0.29, 0.717) is 0 Å². The Morgan fingerprint density at radius 2 is 1.47 bits per heavy atom. The number of esters is 1. The summed E-state index contributed by atoms with van der Waals surface area (Å²) in [7, 11) is -2.46. The number of alkyl carbamates (subject to hydrolysis) is 1. The van der Waals surface area contributed by atoms with E-state index < -0.39 is 79.4 Å². The van der Waals surface area contributed by atoms with Crippen LogP contribution in [-0.2, 0) is 14.0 Å². The van der Waals surface area contributed by atoms with Crippen LogP contribution in [0.15, 0.2) is 5.11 Å². The van der Waals surface area contributed by atoms with Gasteiger partial charge in [0.05, 0.1) is 19.1 Å². The number of carbonyl (C=O) groups excluding carboxylic acids is 2. The molecule has 1 N–H and O–H groups in total. The molecule has 38 heavy (non-hydrogen) atoms. The number of benzene rings is 1. The fourth-order valence-electron chi connectivity index (χ4n) is 2.90. The van der Waals surface area contributed by atoms with E-state index in [1.165, 1.54) is 0 Å². The molecule has 9 nitrogen and oxygen atoms in total. The molecule has 2 atom stereocenters. The highest BCUT2D eigenvalue weighted by molar-refractivity contribution is 6.74. The van der Waals surface area contributed by atoms with Crippen LogP contribution < -0.4 is 10.1 Å². The second-order valence-electron chi connectivity index (χ2n) is 11.1. The zero-order chi connectivity index (χ0) is 29.6. The number of nitrogens with zero attached hydrogens (tertiary/aromatic N) is 3. The minimum Gasteiger partial charge on any atom is -0.444 e. The monoisotopic (exact) mass is 568 g/mol. The second-order valence-corrected chi connectivity index (χ2v) is 15.8. The Morgan fingerprint density at radius 3 is 1.92 bits per heavy atom. The van der Waals surface area contributed by atoms with Crippen molar-refractivity contribution in [2.75, 3.05) is 6.54 Å². The van der Waals surface area contributed by atoms with Crippen molar-refractivity contribution in [3.8, 4) is 5.75 Å². The second kappa shape index (κ2) is 12.8. The van der Waals surface area contributed by atoms with Gasteiger partial charge in [0.2, 0.25) is 34.8 Å². The van der Waals surface area contributed by atoms with Crippen molar-refractivity contribution < 1.29 is 45.4 Å². The highest BCUT2D eigenvalue weighted by atomic mass is 28.4. The van der Waals surface area contributed by atoms with E-state index in [9.17, 15) is 31.5 Å². The molecule has 0 aliphatic carbocycles. The fraction of sp³-hybridized carbons (Fsp3) is 0.652. The van der Waals surface area contributed by atoms with Crippen LogP contribution in [-0.4, -0.2) is 44.7 Å². The number of nitrogens with one attached hydrogen (secondary N) is 1. The van der Waals surface area contributed by atoms with Gasteiger partial charge in [0.1, 0.15) is 5.60 Å². The van der Waals surface area contributed by atoms with Gasteiger partial charge < -0.3 is 19.2 Å². The topological polar surface area (TPSA) is 123 Å². The fourth-order valence-corrected chi connectivity index (χ4v) is 4.25. The number of carbonyl (C=O) groups is 2. The number of ether oxygens (including phenoxy) is 2. The molecule has 1 amide bonds. The van der Waals surface area contributed by atoms with E-state index in [0.717, 1.165) is 0 Å². The maximum atomic E-state index is 14.0. The average molecular weight is 569 g/mol. The van der Waals surface area contributed by atoms with Crippen molar-refractivity contribution in [1.29, 1.82) is 0 Å². The standard InChI is InChI=1S/C23H33F5N4O5Si/c1-22(2,3)36-21(34)31-12(9-13(11-30-32-29)37-38(7,8)23(4,5)6)10-14(33)35-20-18(27)16(25)15(24)17(26)19(20)28/h12-13H,9-11H2,1-8H3,(H,31,34)/t12-,13-/m1/s1. The molecule has 0 aliphatic rings. The maximum absolute atomic E-state index is 14.0. The van der Waals surface area contributed by atoms with E-state index in [1.807, 2.05) is 33.9 Å². The Balaban J connectivity index is 3.28. The SMILES string of the molecule is CC(C)(C)OC(=O)N[C@@H](CC(=O)Oc1c(F)c(F)c(F)c(F)c1F)C[C@H](CN=[N+]=[N-])O[Si](C)(C)C(C)(C)C. The van der Waals surface area contributed by atoms with Gasteiger partial charge in [-0.3, -0.25) is 4.79 Å². The molecule has 0 heterocycles. The van der Waals surface area contributed by atoms with Gasteiger partial charge in [-0.05, 0) is 50.9 Å². The van der Waals surface area contributed by atoms with Crippen molar-refractivity contribution in [1.82, 2.24) is 5.32 Å². The molecule has 0 aromatic heterocycles. The lowest BCUT2D eigenvalue weighted by atomic mass is 10.1. The van der Waals surface area contributed by atoms with Crippen LogP contribution in [0.2, 0.25) is 18.1 Å². The minimum absolute atomic E-state index is 0.142. The summed E-state index contributed by atoms with van der Waals surface area (Å²) in [6.45, 7) is 14.3.